The summed E-state index contributed by atoms with van der Waals surface area (Å²) in [6, 6.07) is 6.35. The third-order valence-electron chi connectivity index (χ3n) is 3.52. The molecule has 0 nitrogen and oxygen atoms in total. The largest absolute Gasteiger partial charge is 0.103 e. The Labute approximate surface area is 120 Å². The summed E-state index contributed by atoms with van der Waals surface area (Å²) in [5.74, 6) is 0.447. The number of benzene rings is 1. The van der Waals surface area contributed by atoms with Crippen LogP contribution in [0.2, 0.25) is 5.02 Å². The highest BCUT2D eigenvalue weighted by Gasteiger charge is 2.11. The van der Waals surface area contributed by atoms with Crippen LogP contribution in [0.4, 0.5) is 0 Å². The van der Waals surface area contributed by atoms with E-state index in [9.17, 15) is 0 Å². The molecule has 0 fully saturated rings. The Balaban J connectivity index is 2.16. The molecule has 0 spiro atoms. The highest BCUT2D eigenvalue weighted by atomic mass is 35.5. The number of allylic oxidation sites excluding steroid dienone is 6. The first kappa shape index (κ1) is 13.9. The smallest absolute Gasteiger partial charge is 0.0444 e. The maximum atomic E-state index is 6.38. The monoisotopic (exact) mass is 270 g/mol. The van der Waals surface area contributed by atoms with E-state index in [4.69, 9.17) is 11.6 Å². The second kappa shape index (κ2) is 6.08. The van der Waals surface area contributed by atoms with Crippen molar-refractivity contribution < 1.29 is 0 Å². The summed E-state index contributed by atoms with van der Waals surface area (Å²) in [7, 11) is 0. The summed E-state index contributed by atoms with van der Waals surface area (Å²) in [6.07, 6.45) is 10.0. The first-order valence-electron chi connectivity index (χ1n) is 6.57. The lowest BCUT2D eigenvalue weighted by molar-refractivity contribution is 0.725. The van der Waals surface area contributed by atoms with Gasteiger partial charge in [-0.25, -0.2) is 0 Å². The van der Waals surface area contributed by atoms with Gasteiger partial charge >= 0.3 is 0 Å². The standard InChI is InChI=1S/C18H19Cl/c1-4-13(3)10-17-9-8-16(12-18(17)19)15-7-6-14(5-2)11-15/h4-9,12-13H,1-2,10-11H2,3H3. The fraction of sp³-hybridized carbons (Fsp3) is 0.222. The molecule has 0 aliphatic heterocycles. The summed E-state index contributed by atoms with van der Waals surface area (Å²) < 4.78 is 0. The summed E-state index contributed by atoms with van der Waals surface area (Å²) in [4.78, 5) is 0. The molecule has 98 valence electrons. The van der Waals surface area contributed by atoms with E-state index in [1.165, 1.54) is 22.3 Å². The second-order valence-corrected chi connectivity index (χ2v) is 5.44. The highest BCUT2D eigenvalue weighted by molar-refractivity contribution is 6.31. The maximum absolute atomic E-state index is 6.38. The zero-order valence-corrected chi connectivity index (χ0v) is 12.1. The molecule has 1 aromatic carbocycles. The van der Waals surface area contributed by atoms with Gasteiger partial charge in [0.05, 0.1) is 0 Å². The van der Waals surface area contributed by atoms with E-state index in [1.807, 2.05) is 12.2 Å². The molecule has 0 radical (unpaired) electrons. The molecular formula is C18H19Cl. The van der Waals surface area contributed by atoms with Gasteiger partial charge in [0, 0.05) is 5.02 Å². The lowest BCUT2D eigenvalue weighted by Gasteiger charge is -2.11. The summed E-state index contributed by atoms with van der Waals surface area (Å²) in [6.45, 7) is 9.77. The van der Waals surface area contributed by atoms with Crippen molar-refractivity contribution in [1.29, 1.82) is 0 Å². The van der Waals surface area contributed by atoms with E-state index in [2.05, 4.69) is 50.4 Å². The van der Waals surface area contributed by atoms with Crippen molar-refractivity contribution in [3.8, 4) is 0 Å². The maximum Gasteiger partial charge on any atom is 0.0444 e. The van der Waals surface area contributed by atoms with E-state index >= 15 is 0 Å². The van der Waals surface area contributed by atoms with Crippen LogP contribution in [-0.2, 0) is 6.42 Å². The van der Waals surface area contributed by atoms with Crippen LogP contribution in [-0.4, -0.2) is 0 Å². The first-order chi connectivity index (χ1) is 9.13. The van der Waals surface area contributed by atoms with Crippen molar-refractivity contribution in [3.63, 3.8) is 0 Å². The fourth-order valence-corrected chi connectivity index (χ4v) is 2.48. The second-order valence-electron chi connectivity index (χ2n) is 5.04. The van der Waals surface area contributed by atoms with Gasteiger partial charge in [-0.2, -0.15) is 0 Å². The average molecular weight is 271 g/mol. The molecule has 1 aromatic rings. The average Bonchev–Trinajstić information content (AvgIpc) is 2.89. The molecule has 0 saturated heterocycles. The third kappa shape index (κ3) is 3.27. The summed E-state index contributed by atoms with van der Waals surface area (Å²) >= 11 is 6.38. The molecule has 1 unspecified atom stereocenters. The quantitative estimate of drug-likeness (QED) is 0.611. The van der Waals surface area contributed by atoms with Gasteiger partial charge in [0.25, 0.3) is 0 Å². The number of hydrogen-bond acceptors (Lipinski definition) is 0. The van der Waals surface area contributed by atoms with E-state index in [-0.39, 0.29) is 0 Å². The van der Waals surface area contributed by atoms with E-state index in [0.717, 1.165) is 17.9 Å². The SMILES string of the molecule is C=CC1=CC=C(c2ccc(CC(C)C=C)c(Cl)c2)C1. The van der Waals surface area contributed by atoms with Crippen LogP contribution in [0.5, 0.6) is 0 Å². The van der Waals surface area contributed by atoms with Crippen LogP contribution >= 0.6 is 11.6 Å². The molecule has 19 heavy (non-hydrogen) atoms. The molecule has 0 amide bonds. The van der Waals surface area contributed by atoms with Crippen LogP contribution in [0.15, 0.2) is 61.2 Å². The summed E-state index contributed by atoms with van der Waals surface area (Å²) in [5, 5.41) is 0.846. The normalized spacial score (nSPS) is 15.7. The van der Waals surface area contributed by atoms with Gasteiger partial charge in [-0.15, -0.1) is 6.58 Å². The molecule has 0 saturated carbocycles. The minimum absolute atomic E-state index is 0.447. The lowest BCUT2D eigenvalue weighted by atomic mass is 9.97. The van der Waals surface area contributed by atoms with Crippen LogP contribution in [0.1, 0.15) is 24.5 Å². The minimum Gasteiger partial charge on any atom is -0.103 e. The van der Waals surface area contributed by atoms with Gasteiger partial charge in [0.15, 0.2) is 0 Å². The molecule has 0 N–H and O–H groups in total. The van der Waals surface area contributed by atoms with Gasteiger partial charge in [-0.1, -0.05) is 61.5 Å². The lowest BCUT2D eigenvalue weighted by Crippen LogP contribution is -1.97. The van der Waals surface area contributed by atoms with Crippen molar-refractivity contribution in [2.45, 2.75) is 19.8 Å². The molecule has 0 aromatic heterocycles. The summed E-state index contributed by atoms with van der Waals surface area (Å²) in [5.41, 5.74) is 4.96. The van der Waals surface area contributed by atoms with Crippen molar-refractivity contribution in [3.05, 3.63) is 77.4 Å². The Morgan fingerprint density at radius 1 is 1.32 bits per heavy atom. The van der Waals surface area contributed by atoms with Gasteiger partial charge in [-0.05, 0) is 47.1 Å². The Bertz CT molecular complexity index is 561. The van der Waals surface area contributed by atoms with E-state index < -0.39 is 0 Å². The molecule has 2 rings (SSSR count). The van der Waals surface area contributed by atoms with E-state index in [0.29, 0.717) is 5.92 Å². The van der Waals surface area contributed by atoms with Crippen LogP contribution in [0.25, 0.3) is 5.57 Å². The Hall–Kier alpha value is -1.53. The van der Waals surface area contributed by atoms with Crippen molar-refractivity contribution in [2.75, 3.05) is 0 Å². The first-order valence-corrected chi connectivity index (χ1v) is 6.95. The molecule has 0 heterocycles. The Morgan fingerprint density at radius 3 is 2.68 bits per heavy atom. The van der Waals surface area contributed by atoms with Crippen molar-refractivity contribution in [1.82, 2.24) is 0 Å². The molecule has 1 aliphatic rings. The van der Waals surface area contributed by atoms with Crippen LogP contribution in [0, 0.1) is 5.92 Å². The number of hydrogen-bond donors (Lipinski definition) is 0. The predicted molar refractivity (Wildman–Crippen MR) is 85.4 cm³/mol. The molecular weight excluding hydrogens is 252 g/mol. The predicted octanol–water partition coefficient (Wildman–Crippen LogP) is 5.60. The minimum atomic E-state index is 0.447. The topological polar surface area (TPSA) is 0 Å². The highest BCUT2D eigenvalue weighted by Crippen LogP contribution is 2.31. The Kier molecular flexibility index (Phi) is 4.44. The zero-order chi connectivity index (χ0) is 13.8. The van der Waals surface area contributed by atoms with Gasteiger partial charge in [-0.3, -0.25) is 0 Å². The molecule has 1 aliphatic carbocycles. The van der Waals surface area contributed by atoms with Gasteiger partial charge < -0.3 is 0 Å². The molecule has 1 atom stereocenters. The Morgan fingerprint density at radius 2 is 2.11 bits per heavy atom. The van der Waals surface area contributed by atoms with Crippen LogP contribution < -0.4 is 0 Å². The van der Waals surface area contributed by atoms with E-state index in [1.54, 1.807) is 0 Å². The molecule has 1 heteroatoms. The van der Waals surface area contributed by atoms with Gasteiger partial charge in [0.1, 0.15) is 0 Å². The van der Waals surface area contributed by atoms with Crippen LogP contribution in [0.3, 0.4) is 0 Å². The van der Waals surface area contributed by atoms with Crippen molar-refractivity contribution in [2.24, 2.45) is 5.92 Å². The third-order valence-corrected chi connectivity index (χ3v) is 3.88. The number of halogens is 1. The molecule has 0 bridgehead atoms. The fourth-order valence-electron chi connectivity index (χ4n) is 2.23. The number of rotatable bonds is 5. The van der Waals surface area contributed by atoms with Gasteiger partial charge in [0.2, 0.25) is 0 Å². The zero-order valence-electron chi connectivity index (χ0n) is 11.3. The van der Waals surface area contributed by atoms with Crippen molar-refractivity contribution >= 4 is 17.2 Å².